The zero-order valence-corrected chi connectivity index (χ0v) is 22.2. The van der Waals surface area contributed by atoms with Crippen LogP contribution in [0.2, 0.25) is 0 Å². The standard InChI is InChI=1S/C30H28N2O7/c1-16-20(7-11-28(33)36-3)24-15-25-21(8-12-29(34)37-4)17(2)23(32-25)14-19-6-10-27(39-19)30(35)26-9-5-18(38-26)13-22(16)31-24/h5-6,9-10,13-15,31H,7-8,11-12H2,1-4H3. The Morgan fingerprint density at radius 2 is 1.44 bits per heavy atom. The molecule has 4 aromatic rings. The highest BCUT2D eigenvalue weighted by molar-refractivity contribution is 5.93. The van der Waals surface area contributed by atoms with Gasteiger partial charge in [0.15, 0.2) is 11.2 Å². The van der Waals surface area contributed by atoms with Gasteiger partial charge in [0.2, 0.25) is 0 Å². The van der Waals surface area contributed by atoms with Gasteiger partial charge in [-0.3, -0.25) is 14.4 Å². The van der Waals surface area contributed by atoms with Crippen molar-refractivity contribution in [3.05, 3.63) is 75.2 Å². The van der Waals surface area contributed by atoms with Gasteiger partial charge >= 0.3 is 11.9 Å². The van der Waals surface area contributed by atoms with E-state index in [9.17, 15) is 14.4 Å². The Bertz CT molecular complexity index is 1820. The van der Waals surface area contributed by atoms with E-state index in [1.807, 2.05) is 26.0 Å². The number of fused-ring (bicyclic) bond motifs is 8. The van der Waals surface area contributed by atoms with Crippen LogP contribution in [0.25, 0.3) is 44.5 Å². The predicted molar refractivity (Wildman–Crippen MR) is 147 cm³/mol. The van der Waals surface area contributed by atoms with Crippen LogP contribution < -0.4 is 5.43 Å². The zero-order chi connectivity index (χ0) is 27.7. The van der Waals surface area contributed by atoms with Crippen LogP contribution in [-0.4, -0.2) is 36.1 Å². The fourth-order valence-electron chi connectivity index (χ4n) is 4.77. The molecule has 0 aliphatic carbocycles. The van der Waals surface area contributed by atoms with Gasteiger partial charge in [0.1, 0.15) is 11.2 Å². The average Bonchev–Trinajstić information content (AvgIpc) is 3.70. The monoisotopic (exact) mass is 528 g/mol. The number of rotatable bonds is 6. The Labute approximate surface area is 223 Å². The minimum atomic E-state index is -0.371. The first-order valence-electron chi connectivity index (χ1n) is 12.6. The lowest BCUT2D eigenvalue weighted by Gasteiger charge is -2.04. The predicted octanol–water partition coefficient (Wildman–Crippen LogP) is 5.71. The first kappa shape index (κ1) is 26.0. The molecule has 0 fully saturated rings. The van der Waals surface area contributed by atoms with Crippen molar-refractivity contribution in [2.75, 3.05) is 14.2 Å². The molecular formula is C30H28N2O7. The Morgan fingerprint density at radius 3 is 2.08 bits per heavy atom. The van der Waals surface area contributed by atoms with E-state index in [4.69, 9.17) is 23.3 Å². The lowest BCUT2D eigenvalue weighted by Crippen LogP contribution is -2.02. The fourth-order valence-corrected chi connectivity index (χ4v) is 4.77. The Hall–Kier alpha value is -4.66. The minimum absolute atomic E-state index is 0.152. The maximum atomic E-state index is 13.0. The molecular weight excluding hydrogens is 500 g/mol. The quantitative estimate of drug-likeness (QED) is 0.315. The van der Waals surface area contributed by atoms with E-state index >= 15 is 0 Å². The normalized spacial score (nSPS) is 12.2. The number of furan rings is 2. The molecule has 0 unspecified atom stereocenters. The average molecular weight is 529 g/mol. The number of esters is 2. The summed E-state index contributed by atoms with van der Waals surface area (Å²) in [7, 11) is 2.73. The molecule has 1 aliphatic heterocycles. The molecule has 0 saturated heterocycles. The van der Waals surface area contributed by atoms with Crippen LogP contribution in [-0.2, 0) is 25.5 Å². The maximum Gasteiger partial charge on any atom is 0.305 e. The van der Waals surface area contributed by atoms with Crippen LogP contribution in [0.3, 0.4) is 0 Å². The number of methoxy groups -OCH3 is 2. The second-order valence-corrected chi connectivity index (χ2v) is 9.36. The van der Waals surface area contributed by atoms with Crippen LogP contribution in [0.1, 0.15) is 48.7 Å². The fraction of sp³-hybridized carbons (Fsp3) is 0.267. The molecule has 0 saturated carbocycles. The van der Waals surface area contributed by atoms with Gasteiger partial charge < -0.3 is 23.3 Å². The number of aryl methyl sites for hydroxylation is 2. The van der Waals surface area contributed by atoms with Crippen molar-refractivity contribution in [3.8, 4) is 0 Å². The molecule has 8 bridgehead atoms. The molecule has 0 radical (unpaired) electrons. The summed E-state index contributed by atoms with van der Waals surface area (Å²) >= 11 is 0. The summed E-state index contributed by atoms with van der Waals surface area (Å²) in [6, 6.07) is 12.2. The molecule has 0 spiro atoms. The van der Waals surface area contributed by atoms with Crippen molar-refractivity contribution in [3.63, 3.8) is 0 Å². The van der Waals surface area contributed by atoms with Gasteiger partial charge in [-0.2, -0.15) is 0 Å². The third-order valence-corrected chi connectivity index (χ3v) is 7.00. The number of hydrogen-bond acceptors (Lipinski definition) is 8. The highest BCUT2D eigenvalue weighted by Crippen LogP contribution is 2.34. The second kappa shape index (κ2) is 10.6. The first-order valence-corrected chi connectivity index (χ1v) is 12.6. The van der Waals surface area contributed by atoms with Crippen LogP contribution in [0.5, 0.6) is 0 Å². The number of aromatic nitrogens is 2. The van der Waals surface area contributed by atoms with Crippen LogP contribution >= 0.6 is 0 Å². The van der Waals surface area contributed by atoms with Crippen molar-refractivity contribution < 1.29 is 27.9 Å². The number of carbonyl (C=O) groups excluding carboxylic acids is 2. The number of allylic oxidation sites excluding steroid dienone is 2. The summed E-state index contributed by atoms with van der Waals surface area (Å²) < 4.78 is 21.4. The summed E-state index contributed by atoms with van der Waals surface area (Å²) in [5, 5.41) is 0. The van der Waals surface area contributed by atoms with Gasteiger partial charge in [0.05, 0.1) is 25.6 Å². The van der Waals surface area contributed by atoms with Gasteiger partial charge in [0.25, 0.3) is 5.43 Å². The van der Waals surface area contributed by atoms with Crippen molar-refractivity contribution in [2.24, 2.45) is 0 Å². The van der Waals surface area contributed by atoms with Crippen molar-refractivity contribution in [1.82, 2.24) is 9.97 Å². The van der Waals surface area contributed by atoms with Crippen LogP contribution in [0.15, 0.2) is 56.1 Å². The van der Waals surface area contributed by atoms with E-state index in [0.29, 0.717) is 35.4 Å². The third kappa shape index (κ3) is 5.20. The highest BCUT2D eigenvalue weighted by atomic mass is 16.5. The summed E-state index contributed by atoms with van der Waals surface area (Å²) in [5.41, 5.74) is 7.43. The molecule has 0 atom stereocenters. The van der Waals surface area contributed by atoms with E-state index in [-0.39, 0.29) is 41.4 Å². The van der Waals surface area contributed by atoms with Gasteiger partial charge in [-0.05, 0) is 79.3 Å². The lowest BCUT2D eigenvalue weighted by molar-refractivity contribution is -0.141. The minimum Gasteiger partial charge on any atom is -0.469 e. The highest BCUT2D eigenvalue weighted by Gasteiger charge is 2.19. The van der Waals surface area contributed by atoms with E-state index in [1.54, 1.807) is 30.3 Å². The molecule has 5 rings (SSSR count). The van der Waals surface area contributed by atoms with Gasteiger partial charge in [0, 0.05) is 36.0 Å². The molecule has 9 heteroatoms. The SMILES string of the molecule is COC(=O)CCC1=C(C)c2cc3ccc(o3)c(=O)c3ccc(cc4[nH]c(cc1n2)c(CCC(=O)OC)c4C)o3. The largest absolute Gasteiger partial charge is 0.469 e. The first-order chi connectivity index (χ1) is 18.8. The van der Waals surface area contributed by atoms with Crippen molar-refractivity contribution in [1.29, 1.82) is 0 Å². The Morgan fingerprint density at radius 1 is 0.821 bits per heavy atom. The van der Waals surface area contributed by atoms with Gasteiger partial charge in [-0.1, -0.05) is 0 Å². The van der Waals surface area contributed by atoms with E-state index in [1.165, 1.54) is 14.2 Å². The molecule has 4 aromatic heterocycles. The zero-order valence-electron chi connectivity index (χ0n) is 22.2. The lowest BCUT2D eigenvalue weighted by atomic mass is 10.0. The van der Waals surface area contributed by atoms with E-state index in [2.05, 4.69) is 4.98 Å². The molecule has 0 aromatic carbocycles. The van der Waals surface area contributed by atoms with E-state index < -0.39 is 0 Å². The molecule has 1 aliphatic rings. The number of nitrogens with zero attached hydrogens (tertiary/aromatic N) is 1. The number of hydrogen-bond donors (Lipinski definition) is 1. The van der Waals surface area contributed by atoms with E-state index in [0.717, 1.165) is 33.3 Å². The molecule has 9 nitrogen and oxygen atoms in total. The molecule has 1 N–H and O–H groups in total. The summed E-state index contributed by atoms with van der Waals surface area (Å²) in [6.07, 6.45) is 1.28. The maximum absolute atomic E-state index is 13.0. The third-order valence-electron chi connectivity index (χ3n) is 7.00. The Balaban J connectivity index is 1.82. The smallest absolute Gasteiger partial charge is 0.305 e. The topological polar surface area (TPSA) is 125 Å². The number of aromatic amines is 1. The number of ether oxygens (including phenoxy) is 2. The van der Waals surface area contributed by atoms with Crippen molar-refractivity contribution >= 4 is 56.5 Å². The Kier molecular flexibility index (Phi) is 7.06. The second-order valence-electron chi connectivity index (χ2n) is 9.36. The number of H-pyrrole nitrogens is 1. The van der Waals surface area contributed by atoms with Crippen molar-refractivity contribution in [2.45, 2.75) is 39.5 Å². The van der Waals surface area contributed by atoms with Gasteiger partial charge in [-0.15, -0.1) is 0 Å². The number of nitrogens with one attached hydrogen (secondary N) is 1. The summed E-state index contributed by atoms with van der Waals surface area (Å²) in [5.74, 6) is -0.626. The van der Waals surface area contributed by atoms with Crippen LogP contribution in [0, 0.1) is 6.92 Å². The molecule has 200 valence electrons. The molecule has 5 heterocycles. The molecule has 0 amide bonds. The summed E-state index contributed by atoms with van der Waals surface area (Å²) in [6.45, 7) is 3.90. The number of carbonyl (C=O) groups is 2. The molecule has 39 heavy (non-hydrogen) atoms. The van der Waals surface area contributed by atoms with Crippen LogP contribution in [0.4, 0.5) is 0 Å². The van der Waals surface area contributed by atoms with Gasteiger partial charge in [-0.25, -0.2) is 4.98 Å². The summed E-state index contributed by atoms with van der Waals surface area (Å²) in [4.78, 5) is 45.3.